The van der Waals surface area contributed by atoms with E-state index < -0.39 is 0 Å². The minimum absolute atomic E-state index is 0.699. The molecule has 0 bridgehead atoms. The molecule has 0 saturated heterocycles. The summed E-state index contributed by atoms with van der Waals surface area (Å²) in [5, 5.41) is 1.33. The first-order valence-corrected chi connectivity index (χ1v) is 6.74. The second-order valence-electron chi connectivity index (χ2n) is 4.52. The van der Waals surface area contributed by atoms with Crippen LogP contribution in [0, 0.1) is 0 Å². The Morgan fingerprint density at radius 3 is 2.88 bits per heavy atom. The monoisotopic (exact) mass is 275 g/mol. The Kier molecular flexibility index (Phi) is 2.68. The van der Waals surface area contributed by atoms with Gasteiger partial charge in [-0.3, -0.25) is 4.98 Å². The Labute approximate surface area is 104 Å². The van der Waals surface area contributed by atoms with E-state index in [0.29, 0.717) is 10.7 Å². The van der Waals surface area contributed by atoms with Gasteiger partial charge in [0, 0.05) is 16.4 Å². The SMILES string of the molecule is BrC1CCC(c2cccc3ncccc23)C1. The molecule has 2 unspecified atom stereocenters. The van der Waals surface area contributed by atoms with Gasteiger partial charge in [0.15, 0.2) is 0 Å². The third-order valence-corrected chi connectivity index (χ3v) is 4.32. The summed E-state index contributed by atoms with van der Waals surface area (Å²) in [5.41, 5.74) is 2.60. The largest absolute Gasteiger partial charge is 0.256 e. The first-order chi connectivity index (χ1) is 7.84. The number of nitrogens with zero attached hydrogens (tertiary/aromatic N) is 1. The molecule has 2 aromatic rings. The quantitative estimate of drug-likeness (QED) is 0.709. The highest BCUT2D eigenvalue weighted by atomic mass is 79.9. The summed E-state index contributed by atoms with van der Waals surface area (Å²) in [6.07, 6.45) is 5.72. The topological polar surface area (TPSA) is 12.9 Å². The van der Waals surface area contributed by atoms with E-state index in [-0.39, 0.29) is 0 Å². The van der Waals surface area contributed by atoms with Crippen LogP contribution in [0.25, 0.3) is 10.9 Å². The number of hydrogen-bond donors (Lipinski definition) is 0. The smallest absolute Gasteiger partial charge is 0.0704 e. The lowest BCUT2D eigenvalue weighted by atomic mass is 9.94. The zero-order valence-electron chi connectivity index (χ0n) is 9.07. The summed E-state index contributed by atoms with van der Waals surface area (Å²) in [7, 11) is 0. The van der Waals surface area contributed by atoms with Crippen molar-refractivity contribution >= 4 is 26.8 Å². The molecular weight excluding hydrogens is 262 g/mol. The number of aromatic nitrogens is 1. The molecule has 1 aliphatic carbocycles. The number of rotatable bonds is 1. The summed E-state index contributed by atoms with van der Waals surface area (Å²) in [6, 6.07) is 10.7. The predicted molar refractivity (Wildman–Crippen MR) is 71.1 cm³/mol. The minimum Gasteiger partial charge on any atom is -0.256 e. The van der Waals surface area contributed by atoms with E-state index in [0.717, 1.165) is 5.52 Å². The molecule has 2 heteroatoms. The van der Waals surface area contributed by atoms with Crippen molar-refractivity contribution in [2.24, 2.45) is 0 Å². The average Bonchev–Trinajstić information content (AvgIpc) is 2.75. The van der Waals surface area contributed by atoms with Gasteiger partial charge in [0.2, 0.25) is 0 Å². The molecule has 0 aliphatic heterocycles. The van der Waals surface area contributed by atoms with Crippen LogP contribution in [0.15, 0.2) is 36.5 Å². The highest BCUT2D eigenvalue weighted by molar-refractivity contribution is 9.09. The molecular formula is C14H14BrN. The first-order valence-electron chi connectivity index (χ1n) is 5.82. The molecule has 1 saturated carbocycles. The molecule has 2 atom stereocenters. The van der Waals surface area contributed by atoms with Gasteiger partial charge in [-0.05, 0) is 42.9 Å². The number of pyridine rings is 1. The Morgan fingerprint density at radius 2 is 2.06 bits per heavy atom. The fourth-order valence-corrected chi connectivity index (χ4v) is 3.41. The van der Waals surface area contributed by atoms with Gasteiger partial charge in [0.1, 0.15) is 0 Å². The molecule has 16 heavy (non-hydrogen) atoms. The van der Waals surface area contributed by atoms with Crippen LogP contribution < -0.4 is 0 Å². The Morgan fingerprint density at radius 1 is 1.12 bits per heavy atom. The lowest BCUT2D eigenvalue weighted by Crippen LogP contribution is -1.96. The number of benzene rings is 1. The summed E-state index contributed by atoms with van der Waals surface area (Å²) >= 11 is 3.72. The van der Waals surface area contributed by atoms with Crippen LogP contribution in [0.3, 0.4) is 0 Å². The lowest BCUT2D eigenvalue weighted by Gasteiger charge is -2.12. The van der Waals surface area contributed by atoms with Gasteiger partial charge in [-0.25, -0.2) is 0 Å². The normalized spacial score (nSPS) is 25.1. The predicted octanol–water partition coefficient (Wildman–Crippen LogP) is 4.27. The number of halogens is 1. The second-order valence-corrected chi connectivity index (χ2v) is 5.82. The van der Waals surface area contributed by atoms with E-state index >= 15 is 0 Å². The van der Waals surface area contributed by atoms with Crippen LogP contribution in [0.4, 0.5) is 0 Å². The molecule has 1 aromatic carbocycles. The van der Waals surface area contributed by atoms with E-state index in [1.807, 2.05) is 12.3 Å². The van der Waals surface area contributed by atoms with Crippen molar-refractivity contribution in [3.8, 4) is 0 Å². The zero-order chi connectivity index (χ0) is 11.0. The number of alkyl halides is 1. The minimum atomic E-state index is 0.699. The van der Waals surface area contributed by atoms with Crippen molar-refractivity contribution < 1.29 is 0 Å². The molecule has 1 fully saturated rings. The maximum absolute atomic E-state index is 4.42. The van der Waals surface area contributed by atoms with Crippen molar-refractivity contribution in [2.75, 3.05) is 0 Å². The Balaban J connectivity index is 2.09. The zero-order valence-corrected chi connectivity index (χ0v) is 10.7. The maximum Gasteiger partial charge on any atom is 0.0704 e. The Hall–Kier alpha value is -0.890. The van der Waals surface area contributed by atoms with Crippen molar-refractivity contribution in [1.82, 2.24) is 4.98 Å². The van der Waals surface area contributed by atoms with E-state index in [2.05, 4.69) is 45.2 Å². The van der Waals surface area contributed by atoms with Crippen LogP contribution in [0.5, 0.6) is 0 Å². The molecule has 0 radical (unpaired) electrons. The van der Waals surface area contributed by atoms with Crippen LogP contribution >= 0.6 is 15.9 Å². The lowest BCUT2D eigenvalue weighted by molar-refractivity contribution is 0.731. The van der Waals surface area contributed by atoms with Crippen molar-refractivity contribution in [3.63, 3.8) is 0 Å². The van der Waals surface area contributed by atoms with E-state index in [4.69, 9.17) is 0 Å². The van der Waals surface area contributed by atoms with Gasteiger partial charge in [0.05, 0.1) is 5.52 Å². The van der Waals surface area contributed by atoms with Gasteiger partial charge >= 0.3 is 0 Å². The maximum atomic E-state index is 4.42. The molecule has 0 N–H and O–H groups in total. The van der Waals surface area contributed by atoms with E-state index in [1.165, 1.54) is 30.2 Å². The van der Waals surface area contributed by atoms with E-state index in [9.17, 15) is 0 Å². The number of fused-ring (bicyclic) bond motifs is 1. The summed E-state index contributed by atoms with van der Waals surface area (Å²) in [4.78, 5) is 5.12. The van der Waals surface area contributed by atoms with Crippen molar-refractivity contribution in [3.05, 3.63) is 42.1 Å². The second kappa shape index (κ2) is 4.17. The molecule has 1 heterocycles. The van der Waals surface area contributed by atoms with Gasteiger partial charge in [0.25, 0.3) is 0 Å². The highest BCUT2D eigenvalue weighted by Crippen LogP contribution is 2.40. The molecule has 1 aromatic heterocycles. The fraction of sp³-hybridized carbons (Fsp3) is 0.357. The Bertz CT molecular complexity index is 504. The van der Waals surface area contributed by atoms with E-state index in [1.54, 1.807) is 0 Å². The van der Waals surface area contributed by atoms with Crippen LogP contribution in [0.1, 0.15) is 30.7 Å². The number of hydrogen-bond acceptors (Lipinski definition) is 1. The van der Waals surface area contributed by atoms with Gasteiger partial charge in [-0.15, -0.1) is 0 Å². The third-order valence-electron chi connectivity index (χ3n) is 3.49. The summed E-state index contributed by atoms with van der Waals surface area (Å²) in [5.74, 6) is 0.706. The first kappa shape index (κ1) is 10.3. The van der Waals surface area contributed by atoms with Gasteiger partial charge in [-0.1, -0.05) is 34.1 Å². The average molecular weight is 276 g/mol. The summed E-state index contributed by atoms with van der Waals surface area (Å²) < 4.78 is 0. The molecule has 82 valence electrons. The molecule has 0 spiro atoms. The standard InChI is InChI=1S/C14H14BrN/c15-11-7-6-10(9-11)12-3-1-5-14-13(12)4-2-8-16-14/h1-5,8,10-11H,6-7,9H2. The molecule has 3 rings (SSSR count). The van der Waals surface area contributed by atoms with Gasteiger partial charge < -0.3 is 0 Å². The fourth-order valence-electron chi connectivity index (χ4n) is 2.69. The van der Waals surface area contributed by atoms with Crippen molar-refractivity contribution in [1.29, 1.82) is 0 Å². The highest BCUT2D eigenvalue weighted by Gasteiger charge is 2.24. The van der Waals surface area contributed by atoms with Gasteiger partial charge in [-0.2, -0.15) is 0 Å². The molecule has 1 nitrogen and oxygen atoms in total. The van der Waals surface area contributed by atoms with Crippen LogP contribution in [-0.4, -0.2) is 9.81 Å². The molecule has 1 aliphatic rings. The summed E-state index contributed by atoms with van der Waals surface area (Å²) in [6.45, 7) is 0. The van der Waals surface area contributed by atoms with Crippen LogP contribution in [0.2, 0.25) is 0 Å². The van der Waals surface area contributed by atoms with Crippen LogP contribution in [-0.2, 0) is 0 Å². The third kappa shape index (κ3) is 1.75. The molecule has 0 amide bonds. The van der Waals surface area contributed by atoms with Crippen molar-refractivity contribution in [2.45, 2.75) is 30.0 Å².